The molecule has 72 valence electrons. The third-order valence-corrected chi connectivity index (χ3v) is 2.80. The molecule has 1 fully saturated rings. The van der Waals surface area contributed by atoms with E-state index in [0.717, 1.165) is 13.1 Å². The summed E-state index contributed by atoms with van der Waals surface area (Å²) in [6.45, 7) is 5.96. The summed E-state index contributed by atoms with van der Waals surface area (Å²) in [5, 5.41) is 12.4. The molecule has 0 aromatic carbocycles. The lowest BCUT2D eigenvalue weighted by molar-refractivity contribution is 0.182. The fourth-order valence-electron chi connectivity index (χ4n) is 1.99. The molecule has 2 nitrogen and oxygen atoms in total. The zero-order valence-corrected chi connectivity index (χ0v) is 8.27. The molecule has 12 heavy (non-hydrogen) atoms. The Balaban J connectivity index is 2.13. The lowest BCUT2D eigenvalue weighted by Crippen LogP contribution is -2.33. The number of aliphatic hydroxyl groups excluding tert-OH is 1. The Morgan fingerprint density at radius 1 is 1.42 bits per heavy atom. The van der Waals surface area contributed by atoms with Gasteiger partial charge in [0.2, 0.25) is 0 Å². The summed E-state index contributed by atoms with van der Waals surface area (Å²) >= 11 is 0. The second-order valence-corrected chi connectivity index (χ2v) is 4.50. The third-order valence-electron chi connectivity index (χ3n) is 2.80. The van der Waals surface area contributed by atoms with Gasteiger partial charge in [0.1, 0.15) is 0 Å². The van der Waals surface area contributed by atoms with E-state index >= 15 is 0 Å². The van der Waals surface area contributed by atoms with Crippen LogP contribution >= 0.6 is 0 Å². The van der Waals surface area contributed by atoms with E-state index in [2.05, 4.69) is 12.2 Å². The number of rotatable bonds is 4. The average Bonchev–Trinajstić information content (AvgIpc) is 2.35. The normalized spacial score (nSPS) is 24.2. The molecule has 1 rings (SSSR count). The molecule has 0 bridgehead atoms. The van der Waals surface area contributed by atoms with Crippen LogP contribution < -0.4 is 5.32 Å². The van der Waals surface area contributed by atoms with Crippen LogP contribution in [-0.4, -0.2) is 24.3 Å². The molecular formula is C10H21NO. The van der Waals surface area contributed by atoms with Gasteiger partial charge in [0, 0.05) is 13.1 Å². The summed E-state index contributed by atoms with van der Waals surface area (Å²) < 4.78 is 0. The van der Waals surface area contributed by atoms with Crippen LogP contribution in [0.2, 0.25) is 0 Å². The lowest BCUT2D eigenvalue weighted by atomic mass is 9.89. The monoisotopic (exact) mass is 171 g/mol. The highest BCUT2D eigenvalue weighted by molar-refractivity contribution is 4.82. The molecule has 0 spiro atoms. The molecule has 2 N–H and O–H groups in total. The van der Waals surface area contributed by atoms with Crippen molar-refractivity contribution >= 4 is 0 Å². The molecule has 2 heteroatoms. The van der Waals surface area contributed by atoms with Gasteiger partial charge in [0.15, 0.2) is 0 Å². The van der Waals surface area contributed by atoms with Crippen LogP contribution in [0.25, 0.3) is 0 Å². The molecule has 0 unspecified atom stereocenters. The Labute approximate surface area is 75.4 Å². The first-order valence-corrected chi connectivity index (χ1v) is 5.01. The first-order chi connectivity index (χ1) is 5.62. The average molecular weight is 171 g/mol. The molecule has 0 saturated heterocycles. The molecule has 0 heterocycles. The Morgan fingerprint density at radius 2 is 2.00 bits per heavy atom. The largest absolute Gasteiger partial charge is 0.392 e. The molecule has 0 amide bonds. The SMILES string of the molecule is C[C@H](O)CNCC1(C)CCCC1. The maximum atomic E-state index is 9.05. The highest BCUT2D eigenvalue weighted by Crippen LogP contribution is 2.36. The van der Waals surface area contributed by atoms with Crippen molar-refractivity contribution in [3.63, 3.8) is 0 Å². The predicted molar refractivity (Wildman–Crippen MR) is 51.1 cm³/mol. The van der Waals surface area contributed by atoms with Crippen LogP contribution in [0, 0.1) is 5.41 Å². The van der Waals surface area contributed by atoms with E-state index in [-0.39, 0.29) is 6.10 Å². The van der Waals surface area contributed by atoms with Crippen molar-refractivity contribution in [2.24, 2.45) is 5.41 Å². The van der Waals surface area contributed by atoms with Crippen molar-refractivity contribution < 1.29 is 5.11 Å². The molecule has 0 aromatic heterocycles. The fraction of sp³-hybridized carbons (Fsp3) is 1.00. The summed E-state index contributed by atoms with van der Waals surface area (Å²) in [5.74, 6) is 0. The van der Waals surface area contributed by atoms with E-state index in [1.54, 1.807) is 0 Å². The molecule has 1 atom stereocenters. The number of nitrogens with one attached hydrogen (secondary N) is 1. The predicted octanol–water partition coefficient (Wildman–Crippen LogP) is 1.54. The maximum Gasteiger partial charge on any atom is 0.0636 e. The quantitative estimate of drug-likeness (QED) is 0.672. The molecular weight excluding hydrogens is 150 g/mol. The molecule has 0 radical (unpaired) electrons. The van der Waals surface area contributed by atoms with Crippen LogP contribution in [0.5, 0.6) is 0 Å². The molecule has 1 aliphatic rings. The summed E-state index contributed by atoms with van der Waals surface area (Å²) in [7, 11) is 0. The molecule has 1 aliphatic carbocycles. The Morgan fingerprint density at radius 3 is 2.50 bits per heavy atom. The topological polar surface area (TPSA) is 32.3 Å². The van der Waals surface area contributed by atoms with Gasteiger partial charge in [-0.05, 0) is 25.2 Å². The van der Waals surface area contributed by atoms with Gasteiger partial charge in [-0.3, -0.25) is 0 Å². The van der Waals surface area contributed by atoms with Crippen molar-refractivity contribution in [3.05, 3.63) is 0 Å². The minimum atomic E-state index is -0.213. The zero-order valence-electron chi connectivity index (χ0n) is 8.27. The van der Waals surface area contributed by atoms with E-state index in [4.69, 9.17) is 5.11 Å². The summed E-state index contributed by atoms with van der Waals surface area (Å²) in [5.41, 5.74) is 0.509. The molecule has 1 saturated carbocycles. The minimum Gasteiger partial charge on any atom is -0.392 e. The molecule has 0 aliphatic heterocycles. The lowest BCUT2D eigenvalue weighted by Gasteiger charge is -2.24. The van der Waals surface area contributed by atoms with E-state index in [1.807, 2.05) is 6.92 Å². The summed E-state index contributed by atoms with van der Waals surface area (Å²) in [6, 6.07) is 0. The molecule has 0 aromatic rings. The van der Waals surface area contributed by atoms with Crippen molar-refractivity contribution in [2.45, 2.75) is 45.6 Å². The van der Waals surface area contributed by atoms with Crippen molar-refractivity contribution in [2.75, 3.05) is 13.1 Å². The fourth-order valence-corrected chi connectivity index (χ4v) is 1.99. The van der Waals surface area contributed by atoms with E-state index < -0.39 is 0 Å². The van der Waals surface area contributed by atoms with Gasteiger partial charge >= 0.3 is 0 Å². The van der Waals surface area contributed by atoms with E-state index in [9.17, 15) is 0 Å². The number of hydrogen-bond donors (Lipinski definition) is 2. The van der Waals surface area contributed by atoms with Crippen molar-refractivity contribution in [1.29, 1.82) is 0 Å². The first kappa shape index (κ1) is 10.0. The zero-order chi connectivity index (χ0) is 9.03. The standard InChI is InChI=1S/C10H21NO/c1-9(12)7-11-8-10(2)5-3-4-6-10/h9,11-12H,3-8H2,1-2H3/t9-/m0/s1. The van der Waals surface area contributed by atoms with Crippen molar-refractivity contribution in [3.8, 4) is 0 Å². The van der Waals surface area contributed by atoms with Gasteiger partial charge in [-0.2, -0.15) is 0 Å². The van der Waals surface area contributed by atoms with Crippen LogP contribution in [0.15, 0.2) is 0 Å². The van der Waals surface area contributed by atoms with E-state index in [1.165, 1.54) is 25.7 Å². The minimum absolute atomic E-state index is 0.213. The Hall–Kier alpha value is -0.0800. The van der Waals surface area contributed by atoms with Crippen LogP contribution in [-0.2, 0) is 0 Å². The highest BCUT2D eigenvalue weighted by Gasteiger charge is 2.27. The van der Waals surface area contributed by atoms with Crippen LogP contribution in [0.1, 0.15) is 39.5 Å². The van der Waals surface area contributed by atoms with Gasteiger partial charge in [-0.15, -0.1) is 0 Å². The third kappa shape index (κ3) is 3.11. The van der Waals surface area contributed by atoms with Gasteiger partial charge in [0.05, 0.1) is 6.10 Å². The van der Waals surface area contributed by atoms with Gasteiger partial charge in [0.25, 0.3) is 0 Å². The first-order valence-electron chi connectivity index (χ1n) is 5.01. The number of hydrogen-bond acceptors (Lipinski definition) is 2. The summed E-state index contributed by atoms with van der Waals surface area (Å²) in [4.78, 5) is 0. The van der Waals surface area contributed by atoms with Crippen LogP contribution in [0.3, 0.4) is 0 Å². The van der Waals surface area contributed by atoms with Gasteiger partial charge < -0.3 is 10.4 Å². The van der Waals surface area contributed by atoms with Gasteiger partial charge in [-0.1, -0.05) is 19.8 Å². The van der Waals surface area contributed by atoms with Crippen molar-refractivity contribution in [1.82, 2.24) is 5.32 Å². The number of aliphatic hydroxyl groups is 1. The highest BCUT2D eigenvalue weighted by atomic mass is 16.3. The maximum absolute atomic E-state index is 9.05. The smallest absolute Gasteiger partial charge is 0.0636 e. The summed E-state index contributed by atoms with van der Waals surface area (Å²) in [6.07, 6.45) is 5.24. The van der Waals surface area contributed by atoms with E-state index in [0.29, 0.717) is 5.41 Å². The second kappa shape index (κ2) is 4.24. The Kier molecular flexibility index (Phi) is 3.53. The van der Waals surface area contributed by atoms with Crippen LogP contribution in [0.4, 0.5) is 0 Å². The Bertz CT molecular complexity index is 128. The van der Waals surface area contributed by atoms with Gasteiger partial charge in [-0.25, -0.2) is 0 Å². The second-order valence-electron chi connectivity index (χ2n) is 4.50.